The highest BCUT2D eigenvalue weighted by Gasteiger charge is 2.25. The Hall–Kier alpha value is -1.22. The predicted octanol–water partition coefficient (Wildman–Crippen LogP) is 3.66. The van der Waals surface area contributed by atoms with Crippen molar-refractivity contribution in [2.75, 3.05) is 5.73 Å². The summed E-state index contributed by atoms with van der Waals surface area (Å²) in [5.74, 6) is 0.0825. The van der Waals surface area contributed by atoms with Crippen molar-refractivity contribution in [3.8, 4) is 0 Å². The van der Waals surface area contributed by atoms with Gasteiger partial charge in [0.2, 0.25) is 0 Å². The molecule has 1 aliphatic carbocycles. The second-order valence-corrected chi connectivity index (χ2v) is 5.37. The average molecular weight is 268 g/mol. The molecular weight excluding hydrogens is 250 g/mol. The first-order valence-corrected chi connectivity index (χ1v) is 6.71. The van der Waals surface area contributed by atoms with Gasteiger partial charge in [0.1, 0.15) is 6.10 Å². The molecule has 4 heteroatoms. The average Bonchev–Trinajstić information content (AvgIpc) is 2.32. The minimum absolute atomic E-state index is 0.0151. The summed E-state index contributed by atoms with van der Waals surface area (Å²) in [6.45, 7) is 2.13. The van der Waals surface area contributed by atoms with Gasteiger partial charge in [0, 0.05) is 10.7 Å². The number of nitrogens with two attached hydrogens (primary N) is 1. The summed E-state index contributed by atoms with van der Waals surface area (Å²) in [5.41, 5.74) is 6.55. The molecule has 1 fully saturated rings. The lowest BCUT2D eigenvalue weighted by molar-refractivity contribution is 0.00493. The van der Waals surface area contributed by atoms with Crippen LogP contribution in [0.15, 0.2) is 18.2 Å². The largest absolute Gasteiger partial charge is 0.458 e. The zero-order chi connectivity index (χ0) is 13.1. The third-order valence-electron chi connectivity index (χ3n) is 3.52. The van der Waals surface area contributed by atoms with Crippen molar-refractivity contribution in [3.05, 3.63) is 28.8 Å². The van der Waals surface area contributed by atoms with Crippen LogP contribution in [0.3, 0.4) is 0 Å². The summed E-state index contributed by atoms with van der Waals surface area (Å²) in [6.07, 6.45) is 4.42. The standard InChI is InChI=1S/C14H18ClNO2/c1-9-4-2-3-5-13(9)18-14(17)11-7-6-10(15)8-12(11)16/h6-9,13H,2-5,16H2,1H3. The number of carbonyl (C=O) groups excluding carboxylic acids is 1. The number of anilines is 1. The molecule has 3 nitrogen and oxygen atoms in total. The molecule has 2 rings (SSSR count). The Morgan fingerprint density at radius 1 is 1.39 bits per heavy atom. The van der Waals surface area contributed by atoms with Crippen LogP contribution in [0.5, 0.6) is 0 Å². The van der Waals surface area contributed by atoms with Crippen LogP contribution < -0.4 is 5.73 Å². The number of halogens is 1. The lowest BCUT2D eigenvalue weighted by atomic mass is 9.88. The molecule has 18 heavy (non-hydrogen) atoms. The van der Waals surface area contributed by atoms with Crippen molar-refractivity contribution in [2.45, 2.75) is 38.7 Å². The zero-order valence-electron chi connectivity index (χ0n) is 10.5. The molecule has 1 aromatic carbocycles. The van der Waals surface area contributed by atoms with Gasteiger partial charge in [-0.2, -0.15) is 0 Å². The number of hydrogen-bond acceptors (Lipinski definition) is 3. The van der Waals surface area contributed by atoms with E-state index in [1.807, 2.05) is 0 Å². The number of carbonyl (C=O) groups is 1. The van der Waals surface area contributed by atoms with Crippen LogP contribution in [0.2, 0.25) is 5.02 Å². The molecule has 98 valence electrons. The van der Waals surface area contributed by atoms with E-state index in [-0.39, 0.29) is 12.1 Å². The van der Waals surface area contributed by atoms with Gasteiger partial charge in [-0.3, -0.25) is 0 Å². The van der Waals surface area contributed by atoms with Crippen LogP contribution >= 0.6 is 11.6 Å². The van der Waals surface area contributed by atoms with Gasteiger partial charge >= 0.3 is 5.97 Å². The van der Waals surface area contributed by atoms with Gasteiger partial charge in [-0.25, -0.2) is 4.79 Å². The van der Waals surface area contributed by atoms with Crippen LogP contribution in [0.25, 0.3) is 0 Å². The monoisotopic (exact) mass is 267 g/mol. The first-order chi connectivity index (χ1) is 8.58. The number of ether oxygens (including phenoxy) is 1. The molecule has 0 aromatic heterocycles. The van der Waals surface area contributed by atoms with E-state index >= 15 is 0 Å². The summed E-state index contributed by atoms with van der Waals surface area (Å²) >= 11 is 5.80. The van der Waals surface area contributed by atoms with E-state index in [2.05, 4.69) is 6.92 Å². The minimum atomic E-state index is -0.345. The minimum Gasteiger partial charge on any atom is -0.458 e. The molecule has 0 aliphatic heterocycles. The van der Waals surface area contributed by atoms with E-state index < -0.39 is 0 Å². The predicted molar refractivity (Wildman–Crippen MR) is 72.7 cm³/mol. The first kappa shape index (κ1) is 13.2. The lowest BCUT2D eigenvalue weighted by Gasteiger charge is -2.28. The lowest BCUT2D eigenvalue weighted by Crippen LogP contribution is -2.28. The van der Waals surface area contributed by atoms with Gasteiger partial charge in [0.25, 0.3) is 0 Å². The smallest absolute Gasteiger partial charge is 0.340 e. The zero-order valence-corrected chi connectivity index (χ0v) is 11.2. The van der Waals surface area contributed by atoms with Gasteiger partial charge in [0.15, 0.2) is 0 Å². The van der Waals surface area contributed by atoms with Crippen LogP contribution in [0.4, 0.5) is 5.69 Å². The summed E-state index contributed by atoms with van der Waals surface area (Å²) in [7, 11) is 0. The van der Waals surface area contributed by atoms with E-state index in [0.29, 0.717) is 22.2 Å². The van der Waals surface area contributed by atoms with E-state index in [4.69, 9.17) is 22.1 Å². The summed E-state index contributed by atoms with van der Waals surface area (Å²) in [6, 6.07) is 4.84. The molecule has 0 saturated heterocycles. The highest BCUT2D eigenvalue weighted by atomic mass is 35.5. The van der Waals surface area contributed by atoms with Crippen molar-refractivity contribution < 1.29 is 9.53 Å². The highest BCUT2D eigenvalue weighted by molar-refractivity contribution is 6.31. The number of nitrogen functional groups attached to an aromatic ring is 1. The quantitative estimate of drug-likeness (QED) is 0.657. The third kappa shape index (κ3) is 2.96. The maximum absolute atomic E-state index is 12.0. The Kier molecular flexibility index (Phi) is 4.12. The molecule has 1 saturated carbocycles. The Balaban J connectivity index is 2.07. The van der Waals surface area contributed by atoms with Gasteiger partial charge in [-0.1, -0.05) is 24.9 Å². The van der Waals surface area contributed by atoms with Gasteiger partial charge in [-0.15, -0.1) is 0 Å². The van der Waals surface area contributed by atoms with Crippen molar-refractivity contribution in [2.24, 2.45) is 5.92 Å². The number of benzene rings is 1. The molecule has 1 aromatic rings. The number of esters is 1. The molecule has 0 heterocycles. The van der Waals surface area contributed by atoms with Crippen molar-refractivity contribution >= 4 is 23.3 Å². The fourth-order valence-electron chi connectivity index (χ4n) is 2.38. The molecule has 2 atom stereocenters. The van der Waals surface area contributed by atoms with E-state index in [0.717, 1.165) is 19.3 Å². The molecule has 0 bridgehead atoms. The molecule has 0 radical (unpaired) electrons. The van der Waals surface area contributed by atoms with Crippen LogP contribution in [0.1, 0.15) is 43.0 Å². The summed E-state index contributed by atoms with van der Waals surface area (Å²) < 4.78 is 5.55. The third-order valence-corrected chi connectivity index (χ3v) is 3.76. The van der Waals surface area contributed by atoms with Crippen molar-refractivity contribution in [3.63, 3.8) is 0 Å². The van der Waals surface area contributed by atoms with Crippen molar-refractivity contribution in [1.29, 1.82) is 0 Å². The second kappa shape index (κ2) is 5.61. The number of rotatable bonds is 2. The Morgan fingerprint density at radius 2 is 2.11 bits per heavy atom. The fourth-order valence-corrected chi connectivity index (χ4v) is 2.56. The normalized spacial score (nSPS) is 23.7. The molecule has 0 spiro atoms. The Morgan fingerprint density at radius 3 is 2.78 bits per heavy atom. The maximum atomic E-state index is 12.0. The van der Waals surface area contributed by atoms with E-state index in [1.165, 1.54) is 6.42 Å². The molecular formula is C14H18ClNO2. The van der Waals surface area contributed by atoms with Gasteiger partial charge < -0.3 is 10.5 Å². The van der Waals surface area contributed by atoms with Crippen LogP contribution in [-0.2, 0) is 4.74 Å². The van der Waals surface area contributed by atoms with Crippen molar-refractivity contribution in [1.82, 2.24) is 0 Å². The van der Waals surface area contributed by atoms with Crippen LogP contribution in [0, 0.1) is 5.92 Å². The van der Waals surface area contributed by atoms with Gasteiger partial charge in [-0.05, 0) is 43.4 Å². The Labute approximate surface area is 112 Å². The molecule has 0 amide bonds. The van der Waals surface area contributed by atoms with E-state index in [1.54, 1.807) is 18.2 Å². The Bertz CT molecular complexity index is 447. The molecule has 1 aliphatic rings. The fraction of sp³-hybridized carbons (Fsp3) is 0.500. The summed E-state index contributed by atoms with van der Waals surface area (Å²) in [5, 5.41) is 0.523. The molecule has 2 N–H and O–H groups in total. The topological polar surface area (TPSA) is 52.3 Å². The highest BCUT2D eigenvalue weighted by Crippen LogP contribution is 2.28. The second-order valence-electron chi connectivity index (χ2n) is 4.94. The molecule has 2 unspecified atom stereocenters. The van der Waals surface area contributed by atoms with Gasteiger partial charge in [0.05, 0.1) is 5.56 Å². The number of hydrogen-bond donors (Lipinski definition) is 1. The van der Waals surface area contributed by atoms with E-state index in [9.17, 15) is 4.79 Å². The summed E-state index contributed by atoms with van der Waals surface area (Å²) in [4.78, 5) is 12.0. The maximum Gasteiger partial charge on any atom is 0.340 e. The SMILES string of the molecule is CC1CCCCC1OC(=O)c1ccc(Cl)cc1N. The first-order valence-electron chi connectivity index (χ1n) is 6.34. The van der Waals surface area contributed by atoms with Crippen LogP contribution in [-0.4, -0.2) is 12.1 Å².